The van der Waals surface area contributed by atoms with Gasteiger partial charge in [0, 0.05) is 0 Å². The fourth-order valence-corrected chi connectivity index (χ4v) is 42.6. The summed E-state index contributed by atoms with van der Waals surface area (Å²) in [6.45, 7) is 19.5. The summed E-state index contributed by atoms with van der Waals surface area (Å²) in [5, 5.41) is 24.2. The molecule has 4 atom stereocenters. The molecule has 5 heteroatoms. The van der Waals surface area contributed by atoms with Gasteiger partial charge in [0.1, 0.15) is 0 Å². The van der Waals surface area contributed by atoms with E-state index < -0.39 is 0 Å². The summed E-state index contributed by atoms with van der Waals surface area (Å²) in [4.78, 5) is -0.298. The van der Waals surface area contributed by atoms with E-state index in [4.69, 9.17) is 0 Å². The Morgan fingerprint density at radius 2 is 0.879 bits per heavy atom. The Morgan fingerprint density at radius 3 is 1.06 bits per heavy atom. The molecule has 2 aromatic rings. The van der Waals surface area contributed by atoms with Crippen LogP contribution < -0.4 is 10.2 Å². The van der Waals surface area contributed by atoms with E-state index in [-0.39, 0.29) is 43.2 Å². The Morgan fingerprint density at radius 1 is 0.576 bits per heavy atom. The smallest absolute Gasteiger partial charge is 0.0623 e. The minimum atomic E-state index is -0.231. The SMILES string of the molecule is CC1=C(C)C(C)[PH]([Zr+2][PH]2=C(C)C(C)=C(C)C2C)=C1C.[O-]c1ccccc1.[O-]c1ccccc1. The summed E-state index contributed by atoms with van der Waals surface area (Å²) in [5.74, 6) is 0.144. The van der Waals surface area contributed by atoms with Crippen LogP contribution in [0.25, 0.3) is 0 Å². The molecule has 0 N–H and O–H groups in total. The summed E-state index contributed by atoms with van der Waals surface area (Å²) in [6.07, 6.45) is 0. The Kier molecular flexibility index (Phi) is 11.3. The van der Waals surface area contributed by atoms with Crippen molar-refractivity contribution in [2.24, 2.45) is 0 Å². The second-order valence-corrected chi connectivity index (χ2v) is 28.2. The minimum absolute atomic E-state index is 0.0718. The van der Waals surface area contributed by atoms with E-state index in [9.17, 15) is 10.2 Å². The largest absolute Gasteiger partial charge is 0.872 e. The van der Waals surface area contributed by atoms with Gasteiger partial charge in [-0.25, -0.2) is 0 Å². The van der Waals surface area contributed by atoms with Crippen molar-refractivity contribution < 1.29 is 32.3 Å². The van der Waals surface area contributed by atoms with E-state index >= 15 is 0 Å². The predicted octanol–water partition coefficient (Wildman–Crippen LogP) is 6.71. The molecular formula is C28H38O2P2Zr. The van der Waals surface area contributed by atoms with Crippen LogP contribution in [-0.2, 0) is 22.1 Å². The van der Waals surface area contributed by atoms with E-state index in [1.54, 1.807) is 46.6 Å². The van der Waals surface area contributed by atoms with Gasteiger partial charge in [0.25, 0.3) is 0 Å². The quantitative estimate of drug-likeness (QED) is 0.384. The van der Waals surface area contributed by atoms with Crippen LogP contribution in [0.2, 0.25) is 0 Å². The number of rotatable bonds is 2. The number of para-hydroxylation sites is 2. The first-order valence-corrected chi connectivity index (χ1v) is 22.1. The zero-order valence-electron chi connectivity index (χ0n) is 21.2. The van der Waals surface area contributed by atoms with Crippen molar-refractivity contribution in [3.8, 4) is 11.5 Å². The summed E-state index contributed by atoms with van der Waals surface area (Å²) in [6, 6.07) is 16.7. The number of hydrogen-bond donors (Lipinski definition) is 0. The molecule has 0 saturated heterocycles. The average Bonchev–Trinajstić information content (AvgIpc) is 3.11. The van der Waals surface area contributed by atoms with Gasteiger partial charge in [-0.05, 0) is 0 Å². The molecule has 2 aliphatic rings. The van der Waals surface area contributed by atoms with Crippen LogP contribution in [0.1, 0.15) is 55.4 Å². The van der Waals surface area contributed by atoms with Crippen molar-refractivity contribution in [3.05, 3.63) is 83.0 Å². The Hall–Kier alpha value is -0.997. The molecular weight excluding hydrogens is 521 g/mol. The fourth-order valence-electron chi connectivity index (χ4n) is 4.12. The third-order valence-electron chi connectivity index (χ3n) is 7.04. The second-order valence-electron chi connectivity index (χ2n) is 8.89. The summed E-state index contributed by atoms with van der Waals surface area (Å²) in [7, 11) is 0. The number of hydrogen-bond acceptors (Lipinski definition) is 2. The molecule has 2 heterocycles. The van der Waals surface area contributed by atoms with E-state index in [0.717, 1.165) is 11.3 Å². The zero-order valence-corrected chi connectivity index (χ0v) is 25.7. The molecule has 0 saturated carbocycles. The Labute approximate surface area is 212 Å². The van der Waals surface area contributed by atoms with Gasteiger partial charge >= 0.3 is 131 Å². The van der Waals surface area contributed by atoms with Gasteiger partial charge in [0.05, 0.1) is 0 Å². The first-order chi connectivity index (χ1) is 15.6. The molecule has 2 aromatic carbocycles. The second kappa shape index (κ2) is 13.2. The van der Waals surface area contributed by atoms with Crippen molar-refractivity contribution in [3.63, 3.8) is 0 Å². The van der Waals surface area contributed by atoms with Crippen molar-refractivity contribution in [1.29, 1.82) is 0 Å². The van der Waals surface area contributed by atoms with Gasteiger partial charge in [-0.15, -0.1) is 11.5 Å². The maximum Gasteiger partial charge on any atom is -0.0623 e. The molecule has 4 unspecified atom stereocenters. The maximum atomic E-state index is 10.3. The predicted molar refractivity (Wildman–Crippen MR) is 145 cm³/mol. The minimum Gasteiger partial charge on any atom is -0.872 e. The fraction of sp³-hybridized carbons (Fsp3) is 0.357. The molecule has 0 bridgehead atoms. The van der Waals surface area contributed by atoms with Gasteiger partial charge in [-0.2, -0.15) is 0 Å². The van der Waals surface area contributed by atoms with Crippen molar-refractivity contribution in [2.75, 3.05) is 0 Å². The Bertz CT molecular complexity index is 996. The van der Waals surface area contributed by atoms with E-state index in [2.05, 4.69) is 55.4 Å². The van der Waals surface area contributed by atoms with E-state index in [1.807, 2.05) is 22.7 Å². The normalized spacial score (nSPS) is 24.1. The van der Waals surface area contributed by atoms with Gasteiger partial charge in [-0.3, -0.25) is 0 Å². The first kappa shape index (κ1) is 28.2. The average molecular weight is 560 g/mol. The Balaban J connectivity index is 0.000000223. The van der Waals surface area contributed by atoms with Crippen molar-refractivity contribution >= 4 is 20.3 Å². The van der Waals surface area contributed by atoms with Crippen molar-refractivity contribution in [1.82, 2.24) is 0 Å². The van der Waals surface area contributed by atoms with E-state index in [0.29, 0.717) is 0 Å². The molecule has 0 spiro atoms. The molecule has 2 nitrogen and oxygen atoms in total. The van der Waals surface area contributed by atoms with Crippen LogP contribution in [0.5, 0.6) is 11.5 Å². The van der Waals surface area contributed by atoms with Crippen LogP contribution in [0.3, 0.4) is 0 Å². The third-order valence-corrected chi connectivity index (χ3v) is 38.0. The van der Waals surface area contributed by atoms with Crippen molar-refractivity contribution in [2.45, 2.75) is 66.7 Å². The molecule has 0 fully saturated rings. The van der Waals surface area contributed by atoms with Gasteiger partial charge in [0.15, 0.2) is 0 Å². The standard InChI is InChI=1S/2C8H13P.2C6H6O.Zr/c2*1-5-6(2)8(4)9-7(5)3;2*7-6-4-2-1-3-5-6;/h2*7H,1-4H3;2*1-5,7H;. The molecule has 0 aliphatic carbocycles. The first-order valence-electron chi connectivity index (χ1n) is 11.5. The molecule has 2 aliphatic heterocycles. The number of allylic oxidation sites excluding steroid dienone is 4. The van der Waals surface area contributed by atoms with Gasteiger partial charge in [0.2, 0.25) is 0 Å². The zero-order chi connectivity index (χ0) is 24.7. The summed E-state index contributed by atoms with van der Waals surface area (Å²) in [5.41, 5.74) is 8.68. The topological polar surface area (TPSA) is 46.1 Å². The van der Waals surface area contributed by atoms with Gasteiger partial charge < -0.3 is 10.2 Å². The number of benzene rings is 2. The third kappa shape index (κ3) is 7.49. The molecule has 0 aromatic heterocycles. The summed E-state index contributed by atoms with van der Waals surface area (Å²) < 4.78 is 0. The molecule has 4 rings (SSSR count). The maximum absolute atomic E-state index is 10.3. The van der Waals surface area contributed by atoms with Crippen LogP contribution in [0.4, 0.5) is 0 Å². The molecule has 0 amide bonds. The molecule has 33 heavy (non-hydrogen) atoms. The summed E-state index contributed by atoms with van der Waals surface area (Å²) >= 11 is -0.231. The molecule has 176 valence electrons. The van der Waals surface area contributed by atoms with Crippen LogP contribution in [0.15, 0.2) is 83.0 Å². The van der Waals surface area contributed by atoms with Gasteiger partial charge in [-0.1, -0.05) is 60.7 Å². The molecule has 0 radical (unpaired) electrons. The monoisotopic (exact) mass is 558 g/mol. The van der Waals surface area contributed by atoms with Crippen LogP contribution in [0, 0.1) is 0 Å². The van der Waals surface area contributed by atoms with Crippen LogP contribution in [-0.4, -0.2) is 21.9 Å². The van der Waals surface area contributed by atoms with E-state index in [1.165, 1.54) is 24.3 Å². The van der Waals surface area contributed by atoms with Crippen LogP contribution >= 0.6 is 9.68 Å².